The highest BCUT2D eigenvalue weighted by molar-refractivity contribution is 8.00. The Bertz CT molecular complexity index is 1110. The number of amides is 3. The van der Waals surface area contributed by atoms with E-state index in [0.717, 1.165) is 16.3 Å². The third-order valence-electron chi connectivity index (χ3n) is 4.58. The molecule has 3 amide bonds. The number of nitrogens with one attached hydrogen (secondary N) is 1. The van der Waals surface area contributed by atoms with E-state index in [0.29, 0.717) is 30.2 Å². The SMILES string of the molecule is CCCn1c(=O)n(C)c(=O)c2c(SC(C(=O)NC(N)=O)C(C)C)nc(CC(C)C)nc21. The highest BCUT2D eigenvalue weighted by Crippen LogP contribution is 2.31. The number of carbonyl (C=O) groups excluding carboxylic acids is 2. The summed E-state index contributed by atoms with van der Waals surface area (Å²) in [7, 11) is 1.41. The minimum absolute atomic E-state index is 0.186. The number of primary amides is 1. The van der Waals surface area contributed by atoms with Gasteiger partial charge >= 0.3 is 11.7 Å². The molecule has 1 unspecified atom stereocenters. The van der Waals surface area contributed by atoms with Crippen LogP contribution >= 0.6 is 11.8 Å². The van der Waals surface area contributed by atoms with Crippen molar-refractivity contribution in [3.8, 4) is 0 Å². The van der Waals surface area contributed by atoms with Crippen LogP contribution in [0.1, 0.15) is 46.9 Å². The summed E-state index contributed by atoms with van der Waals surface area (Å²) >= 11 is 1.07. The van der Waals surface area contributed by atoms with Crippen LogP contribution in [0.4, 0.5) is 4.79 Å². The lowest BCUT2D eigenvalue weighted by Gasteiger charge is -2.20. The lowest BCUT2D eigenvalue weighted by Crippen LogP contribution is -2.42. The van der Waals surface area contributed by atoms with Gasteiger partial charge in [0, 0.05) is 20.0 Å². The smallest absolute Gasteiger partial charge is 0.332 e. The molecule has 0 aliphatic heterocycles. The van der Waals surface area contributed by atoms with Crippen molar-refractivity contribution < 1.29 is 9.59 Å². The predicted octanol–water partition coefficient (Wildman–Crippen LogP) is 1.41. The van der Waals surface area contributed by atoms with Crippen LogP contribution in [0.15, 0.2) is 14.6 Å². The van der Waals surface area contributed by atoms with E-state index in [-0.39, 0.29) is 22.9 Å². The van der Waals surface area contributed by atoms with Crippen LogP contribution in [0.25, 0.3) is 11.0 Å². The Morgan fingerprint density at radius 3 is 2.32 bits per heavy atom. The van der Waals surface area contributed by atoms with Gasteiger partial charge in [0.25, 0.3) is 5.56 Å². The number of thioether (sulfide) groups is 1. The summed E-state index contributed by atoms with van der Waals surface area (Å²) < 4.78 is 2.50. The topological polar surface area (TPSA) is 142 Å². The van der Waals surface area contributed by atoms with Gasteiger partial charge in [-0.3, -0.25) is 24.0 Å². The maximum absolute atomic E-state index is 13.0. The summed E-state index contributed by atoms with van der Waals surface area (Å²) in [5.41, 5.74) is 4.40. The fourth-order valence-electron chi connectivity index (χ4n) is 3.15. The number of hydrogen-bond acceptors (Lipinski definition) is 7. The van der Waals surface area contributed by atoms with Crippen molar-refractivity contribution in [2.24, 2.45) is 24.6 Å². The number of aromatic nitrogens is 4. The number of carbonyl (C=O) groups is 2. The first-order chi connectivity index (χ1) is 14.5. The van der Waals surface area contributed by atoms with E-state index >= 15 is 0 Å². The molecule has 0 fully saturated rings. The molecule has 0 spiro atoms. The van der Waals surface area contributed by atoms with Crippen LogP contribution in [0, 0.1) is 11.8 Å². The van der Waals surface area contributed by atoms with Crippen molar-refractivity contribution in [2.45, 2.75) is 64.3 Å². The molecular weight excluding hydrogens is 420 g/mol. The number of urea groups is 1. The molecule has 0 aliphatic rings. The van der Waals surface area contributed by atoms with Crippen molar-refractivity contribution in [1.29, 1.82) is 0 Å². The van der Waals surface area contributed by atoms with Crippen molar-refractivity contribution in [2.75, 3.05) is 0 Å². The normalized spacial score (nSPS) is 12.5. The largest absolute Gasteiger partial charge is 0.351 e. The van der Waals surface area contributed by atoms with E-state index in [1.165, 1.54) is 11.6 Å². The van der Waals surface area contributed by atoms with Gasteiger partial charge in [0.2, 0.25) is 5.91 Å². The average Bonchev–Trinajstić information content (AvgIpc) is 2.65. The van der Waals surface area contributed by atoms with Crippen LogP contribution in [-0.2, 0) is 24.8 Å². The number of nitrogens with zero attached hydrogens (tertiary/aromatic N) is 4. The van der Waals surface area contributed by atoms with E-state index < -0.39 is 28.4 Å². The van der Waals surface area contributed by atoms with Gasteiger partial charge in [0.15, 0.2) is 5.65 Å². The van der Waals surface area contributed by atoms with Gasteiger partial charge in [0.1, 0.15) is 16.2 Å². The molecule has 11 heteroatoms. The maximum Gasteiger partial charge on any atom is 0.332 e. The molecule has 2 rings (SSSR count). The van der Waals surface area contributed by atoms with Gasteiger partial charge in [-0.2, -0.15) is 0 Å². The van der Waals surface area contributed by atoms with Gasteiger partial charge < -0.3 is 5.73 Å². The number of nitrogens with two attached hydrogens (primary N) is 1. The fraction of sp³-hybridized carbons (Fsp3) is 0.600. The molecular formula is C20H30N6O4S. The Morgan fingerprint density at radius 2 is 1.81 bits per heavy atom. The lowest BCUT2D eigenvalue weighted by atomic mass is 10.1. The zero-order chi connectivity index (χ0) is 23.5. The molecule has 0 bridgehead atoms. The molecule has 0 aromatic carbocycles. The number of hydrogen-bond donors (Lipinski definition) is 2. The second kappa shape index (κ2) is 10.1. The van der Waals surface area contributed by atoms with E-state index in [4.69, 9.17) is 5.73 Å². The monoisotopic (exact) mass is 450 g/mol. The highest BCUT2D eigenvalue weighted by Gasteiger charge is 2.28. The summed E-state index contributed by atoms with van der Waals surface area (Å²) in [5.74, 6) is -0.0238. The molecule has 0 aliphatic carbocycles. The van der Waals surface area contributed by atoms with Crippen molar-refractivity contribution in [1.82, 2.24) is 24.4 Å². The zero-order valence-corrected chi connectivity index (χ0v) is 19.6. The molecule has 2 aromatic heterocycles. The minimum Gasteiger partial charge on any atom is -0.351 e. The first kappa shape index (κ1) is 24.6. The molecule has 2 aromatic rings. The molecule has 0 saturated carbocycles. The van der Waals surface area contributed by atoms with E-state index in [2.05, 4.69) is 15.3 Å². The Kier molecular flexibility index (Phi) is 7.99. The molecule has 0 radical (unpaired) electrons. The molecule has 10 nitrogen and oxygen atoms in total. The third kappa shape index (κ3) is 5.52. The van der Waals surface area contributed by atoms with E-state index in [1.807, 2.05) is 34.6 Å². The molecule has 0 saturated heterocycles. The Labute approximate surface area is 184 Å². The lowest BCUT2D eigenvalue weighted by molar-refractivity contribution is -0.120. The van der Waals surface area contributed by atoms with E-state index in [1.54, 1.807) is 0 Å². The van der Waals surface area contributed by atoms with Crippen LogP contribution in [0.3, 0.4) is 0 Å². The standard InChI is InChI=1S/C20H30N6O4S/c1-7-8-26-15-13(18(28)25(6)20(26)30)17(23-12(22-15)9-10(2)3)31-14(11(4)5)16(27)24-19(21)29/h10-11,14H,7-9H2,1-6H3,(H3,21,24,27,29). The fourth-order valence-corrected chi connectivity index (χ4v) is 4.29. The highest BCUT2D eigenvalue weighted by atomic mass is 32.2. The summed E-state index contributed by atoms with van der Waals surface area (Å²) in [4.78, 5) is 58.7. The predicted molar refractivity (Wildman–Crippen MR) is 120 cm³/mol. The molecule has 1 atom stereocenters. The van der Waals surface area contributed by atoms with Crippen molar-refractivity contribution in [3.63, 3.8) is 0 Å². The average molecular weight is 451 g/mol. The zero-order valence-electron chi connectivity index (χ0n) is 18.8. The Morgan fingerprint density at radius 1 is 1.16 bits per heavy atom. The van der Waals surface area contributed by atoms with Gasteiger partial charge in [-0.25, -0.2) is 19.6 Å². The second-order valence-electron chi connectivity index (χ2n) is 8.18. The Hall–Kier alpha value is -2.69. The van der Waals surface area contributed by atoms with E-state index in [9.17, 15) is 19.2 Å². The summed E-state index contributed by atoms with van der Waals surface area (Å²) in [5, 5.41) is 1.87. The molecule has 3 N–H and O–H groups in total. The van der Waals surface area contributed by atoms with Crippen molar-refractivity contribution >= 4 is 34.7 Å². The van der Waals surface area contributed by atoms with Gasteiger partial charge in [-0.1, -0.05) is 46.4 Å². The van der Waals surface area contributed by atoms with Gasteiger partial charge in [0.05, 0.1) is 5.25 Å². The van der Waals surface area contributed by atoms with Gasteiger partial charge in [-0.15, -0.1) is 0 Å². The van der Waals surface area contributed by atoms with Crippen LogP contribution in [0.5, 0.6) is 0 Å². The second-order valence-corrected chi connectivity index (χ2v) is 9.31. The quantitative estimate of drug-likeness (QED) is 0.457. The minimum atomic E-state index is -0.947. The summed E-state index contributed by atoms with van der Waals surface area (Å²) in [6.45, 7) is 9.99. The molecule has 170 valence electrons. The third-order valence-corrected chi connectivity index (χ3v) is 6.11. The first-order valence-electron chi connectivity index (χ1n) is 10.2. The van der Waals surface area contributed by atoms with Crippen LogP contribution < -0.4 is 22.3 Å². The number of aryl methyl sites for hydroxylation is 1. The Balaban J connectivity index is 2.81. The van der Waals surface area contributed by atoms with Crippen LogP contribution in [-0.4, -0.2) is 36.3 Å². The molecule has 2 heterocycles. The number of rotatable bonds is 8. The molecule has 31 heavy (non-hydrogen) atoms. The summed E-state index contributed by atoms with van der Waals surface area (Å²) in [6.07, 6.45) is 1.22. The van der Waals surface area contributed by atoms with Crippen LogP contribution in [0.2, 0.25) is 0 Å². The number of fused-ring (bicyclic) bond motifs is 1. The first-order valence-corrected chi connectivity index (χ1v) is 11.1. The van der Waals surface area contributed by atoms with Crippen molar-refractivity contribution in [3.05, 3.63) is 26.7 Å². The summed E-state index contributed by atoms with van der Waals surface area (Å²) in [6, 6.07) is -0.947. The van der Waals surface area contributed by atoms with Gasteiger partial charge in [-0.05, 0) is 18.3 Å². The maximum atomic E-state index is 13.0. The number of imide groups is 1.